The van der Waals surface area contributed by atoms with Gasteiger partial charge in [-0.05, 0) is 31.7 Å². The summed E-state index contributed by atoms with van der Waals surface area (Å²) in [4.78, 5) is 23.8. The van der Waals surface area contributed by atoms with Gasteiger partial charge in [-0.1, -0.05) is 32.1 Å². The molecule has 1 amide bonds. The van der Waals surface area contributed by atoms with E-state index < -0.39 is 0 Å². The number of amides is 1. The predicted octanol–water partition coefficient (Wildman–Crippen LogP) is 3.99. The van der Waals surface area contributed by atoms with Crippen LogP contribution in [0.3, 0.4) is 0 Å². The topological polar surface area (TPSA) is 63.1 Å². The quantitative estimate of drug-likeness (QED) is 0.901. The van der Waals surface area contributed by atoms with Crippen LogP contribution in [0, 0.1) is 0 Å². The lowest BCUT2D eigenvalue weighted by Gasteiger charge is -2.23. The first-order valence-corrected chi connectivity index (χ1v) is 9.99. The van der Waals surface area contributed by atoms with Crippen LogP contribution in [0.2, 0.25) is 0 Å². The van der Waals surface area contributed by atoms with Crippen molar-refractivity contribution in [2.75, 3.05) is 19.4 Å². The molecule has 2 aliphatic rings. The van der Waals surface area contributed by atoms with Crippen molar-refractivity contribution in [3.05, 3.63) is 18.0 Å². The molecule has 26 heavy (non-hydrogen) atoms. The van der Waals surface area contributed by atoms with Gasteiger partial charge in [0.2, 0.25) is 5.95 Å². The Hall–Kier alpha value is -2.11. The Labute approximate surface area is 155 Å². The summed E-state index contributed by atoms with van der Waals surface area (Å²) in [5, 5.41) is 4.48. The summed E-state index contributed by atoms with van der Waals surface area (Å²) in [6, 6.07) is 2.79. The van der Waals surface area contributed by atoms with E-state index in [1.165, 1.54) is 44.9 Å². The Morgan fingerprint density at radius 1 is 1.12 bits per heavy atom. The van der Waals surface area contributed by atoms with Crippen molar-refractivity contribution in [1.29, 1.82) is 0 Å². The zero-order valence-corrected chi connectivity index (χ0v) is 15.9. The minimum absolute atomic E-state index is 0.0386. The highest BCUT2D eigenvalue weighted by atomic mass is 16.2. The second-order valence-electron chi connectivity index (χ2n) is 7.99. The zero-order chi connectivity index (χ0) is 18.1. The molecule has 0 bridgehead atoms. The third kappa shape index (κ3) is 3.29. The average molecular weight is 355 g/mol. The van der Waals surface area contributed by atoms with Crippen LogP contribution in [0.15, 0.2) is 12.3 Å². The van der Waals surface area contributed by atoms with Crippen LogP contribution >= 0.6 is 0 Å². The SMILES string of the molecule is CN(C)C(=O)c1cc2cnc(NC3CCCCC3)nc2n1C1CCCC1. The lowest BCUT2D eigenvalue weighted by Crippen LogP contribution is -2.26. The maximum atomic E-state index is 12.7. The van der Waals surface area contributed by atoms with E-state index in [1.807, 2.05) is 12.3 Å². The molecule has 0 spiro atoms. The number of hydrogen-bond donors (Lipinski definition) is 1. The van der Waals surface area contributed by atoms with Crippen molar-refractivity contribution < 1.29 is 4.79 Å². The molecule has 0 aromatic carbocycles. The van der Waals surface area contributed by atoms with Crippen molar-refractivity contribution in [1.82, 2.24) is 19.4 Å². The fraction of sp³-hybridized carbons (Fsp3) is 0.650. The molecule has 0 saturated heterocycles. The second kappa shape index (κ2) is 7.25. The Morgan fingerprint density at radius 3 is 2.50 bits per heavy atom. The van der Waals surface area contributed by atoms with Crippen molar-refractivity contribution in [2.24, 2.45) is 0 Å². The van der Waals surface area contributed by atoms with Crippen LogP contribution in [-0.4, -0.2) is 45.5 Å². The number of rotatable bonds is 4. The number of carbonyl (C=O) groups excluding carboxylic acids is 1. The van der Waals surface area contributed by atoms with Crippen LogP contribution in [0.25, 0.3) is 11.0 Å². The molecule has 2 saturated carbocycles. The zero-order valence-electron chi connectivity index (χ0n) is 15.9. The second-order valence-corrected chi connectivity index (χ2v) is 7.99. The number of anilines is 1. The van der Waals surface area contributed by atoms with Crippen molar-refractivity contribution in [3.8, 4) is 0 Å². The molecule has 2 aromatic heterocycles. The molecular weight excluding hydrogens is 326 g/mol. The fourth-order valence-corrected chi connectivity index (χ4v) is 4.43. The van der Waals surface area contributed by atoms with Crippen LogP contribution in [0.4, 0.5) is 5.95 Å². The van der Waals surface area contributed by atoms with Gasteiger partial charge < -0.3 is 14.8 Å². The highest BCUT2D eigenvalue weighted by Crippen LogP contribution is 2.35. The van der Waals surface area contributed by atoms with Gasteiger partial charge in [0.15, 0.2) is 0 Å². The average Bonchev–Trinajstić information content (AvgIpc) is 3.28. The number of nitrogens with zero attached hydrogens (tertiary/aromatic N) is 4. The van der Waals surface area contributed by atoms with Crippen molar-refractivity contribution in [2.45, 2.75) is 69.9 Å². The summed E-state index contributed by atoms with van der Waals surface area (Å²) in [6.07, 6.45) is 12.8. The number of hydrogen-bond acceptors (Lipinski definition) is 4. The summed E-state index contributed by atoms with van der Waals surface area (Å²) in [7, 11) is 3.61. The first kappa shape index (κ1) is 17.3. The van der Waals surface area contributed by atoms with Crippen molar-refractivity contribution in [3.63, 3.8) is 0 Å². The minimum atomic E-state index is 0.0386. The number of aromatic nitrogens is 3. The normalized spacial score (nSPS) is 19.2. The molecule has 2 aromatic rings. The maximum absolute atomic E-state index is 12.7. The summed E-state index contributed by atoms with van der Waals surface area (Å²) in [5.41, 5.74) is 1.64. The molecule has 6 heteroatoms. The highest BCUT2D eigenvalue weighted by molar-refractivity contribution is 5.97. The summed E-state index contributed by atoms with van der Waals surface area (Å²) >= 11 is 0. The number of carbonyl (C=O) groups is 1. The van der Waals surface area contributed by atoms with Gasteiger partial charge in [-0.2, -0.15) is 4.98 Å². The molecule has 1 N–H and O–H groups in total. The van der Waals surface area contributed by atoms with E-state index in [4.69, 9.17) is 4.98 Å². The number of fused-ring (bicyclic) bond motifs is 1. The highest BCUT2D eigenvalue weighted by Gasteiger charge is 2.26. The Balaban J connectivity index is 1.72. The first-order chi connectivity index (χ1) is 12.6. The van der Waals surface area contributed by atoms with E-state index in [0.29, 0.717) is 18.0 Å². The van der Waals surface area contributed by atoms with E-state index in [9.17, 15) is 4.79 Å². The summed E-state index contributed by atoms with van der Waals surface area (Å²) in [6.45, 7) is 0. The lowest BCUT2D eigenvalue weighted by atomic mass is 9.96. The third-order valence-electron chi connectivity index (χ3n) is 5.83. The fourth-order valence-electron chi connectivity index (χ4n) is 4.43. The molecule has 2 aliphatic carbocycles. The molecule has 0 atom stereocenters. The van der Waals surface area contributed by atoms with Gasteiger partial charge in [-0.3, -0.25) is 4.79 Å². The molecule has 0 aliphatic heterocycles. The largest absolute Gasteiger partial charge is 0.351 e. The molecule has 2 heterocycles. The maximum Gasteiger partial charge on any atom is 0.270 e. The van der Waals surface area contributed by atoms with Crippen LogP contribution in [0.5, 0.6) is 0 Å². The van der Waals surface area contributed by atoms with Gasteiger partial charge >= 0.3 is 0 Å². The van der Waals surface area contributed by atoms with Gasteiger partial charge in [0.05, 0.1) is 0 Å². The number of nitrogens with one attached hydrogen (secondary N) is 1. The monoisotopic (exact) mass is 355 g/mol. The molecule has 2 fully saturated rings. The minimum Gasteiger partial charge on any atom is -0.351 e. The Kier molecular flexibility index (Phi) is 4.83. The smallest absolute Gasteiger partial charge is 0.270 e. The molecule has 0 unspecified atom stereocenters. The molecule has 6 nitrogen and oxygen atoms in total. The molecule has 0 radical (unpaired) electrons. The van der Waals surface area contributed by atoms with E-state index in [-0.39, 0.29) is 5.91 Å². The lowest BCUT2D eigenvalue weighted by molar-refractivity contribution is 0.0815. The van der Waals surface area contributed by atoms with E-state index >= 15 is 0 Å². The third-order valence-corrected chi connectivity index (χ3v) is 5.83. The van der Waals surface area contributed by atoms with Gasteiger partial charge in [-0.15, -0.1) is 0 Å². The van der Waals surface area contributed by atoms with Gasteiger partial charge in [0, 0.05) is 37.8 Å². The van der Waals surface area contributed by atoms with Gasteiger partial charge in [0.25, 0.3) is 5.91 Å². The van der Waals surface area contributed by atoms with Gasteiger partial charge in [-0.25, -0.2) is 4.98 Å². The standard InChI is InChI=1S/C20H29N5O/c1-24(2)19(26)17-12-14-13-21-20(22-15-8-4-3-5-9-15)23-18(14)25(17)16-10-6-7-11-16/h12-13,15-16H,3-11H2,1-2H3,(H,21,22,23). The molecular formula is C20H29N5O. The Morgan fingerprint density at radius 2 is 1.81 bits per heavy atom. The van der Waals surface area contributed by atoms with E-state index in [0.717, 1.165) is 29.6 Å². The molecule has 140 valence electrons. The van der Waals surface area contributed by atoms with Crippen LogP contribution in [-0.2, 0) is 0 Å². The van der Waals surface area contributed by atoms with E-state index in [2.05, 4.69) is 14.9 Å². The van der Waals surface area contributed by atoms with Crippen LogP contribution in [0.1, 0.15) is 74.3 Å². The van der Waals surface area contributed by atoms with Gasteiger partial charge in [0.1, 0.15) is 11.3 Å². The first-order valence-electron chi connectivity index (χ1n) is 9.99. The Bertz CT molecular complexity index is 785. The summed E-state index contributed by atoms with van der Waals surface area (Å²) in [5.74, 6) is 0.738. The molecule has 4 rings (SSSR count). The van der Waals surface area contributed by atoms with Crippen LogP contribution < -0.4 is 5.32 Å². The van der Waals surface area contributed by atoms with E-state index in [1.54, 1.807) is 19.0 Å². The summed E-state index contributed by atoms with van der Waals surface area (Å²) < 4.78 is 2.18. The predicted molar refractivity (Wildman–Crippen MR) is 104 cm³/mol. The van der Waals surface area contributed by atoms with Crippen molar-refractivity contribution >= 4 is 22.9 Å².